The summed E-state index contributed by atoms with van der Waals surface area (Å²) in [5.41, 5.74) is 2.36. The number of hydrogen-bond acceptors (Lipinski definition) is 8. The molecule has 0 radical (unpaired) electrons. The number of ether oxygens (including phenoxy) is 1. The van der Waals surface area contributed by atoms with Gasteiger partial charge in [0.15, 0.2) is 5.17 Å². The van der Waals surface area contributed by atoms with Crippen molar-refractivity contribution in [2.45, 2.75) is 25.9 Å². The Labute approximate surface area is 204 Å². The molecule has 35 heavy (non-hydrogen) atoms. The van der Waals surface area contributed by atoms with Gasteiger partial charge in [0, 0.05) is 24.4 Å². The summed E-state index contributed by atoms with van der Waals surface area (Å²) in [4.78, 5) is 42.6. The number of rotatable bonds is 7. The topological polar surface area (TPSA) is 114 Å². The lowest BCUT2D eigenvalue weighted by Gasteiger charge is -2.36. The standard InChI is InChI=1S/C24H21FN4O5S/c1-14-21(23(31)34-2)22(16-4-3-5-18(10-16)29(32)33)28-19(13-35-24(28)27-14)11-20(30)26-12-15-6-8-17(25)9-7-15/h3-10,13,22H,11-12H2,1-2H3,(H,26,30). The minimum Gasteiger partial charge on any atom is -0.466 e. The van der Waals surface area contributed by atoms with E-state index in [1.807, 2.05) is 0 Å². The van der Waals surface area contributed by atoms with Crippen LogP contribution in [-0.4, -0.2) is 34.0 Å². The van der Waals surface area contributed by atoms with Crippen LogP contribution in [0.15, 0.2) is 75.9 Å². The van der Waals surface area contributed by atoms with Crippen LogP contribution < -0.4 is 5.32 Å². The molecule has 1 unspecified atom stereocenters. The Hall–Kier alpha value is -3.99. The number of amidine groups is 1. The summed E-state index contributed by atoms with van der Waals surface area (Å²) in [6.45, 7) is 1.90. The number of fused-ring (bicyclic) bond motifs is 1. The second kappa shape index (κ2) is 10.1. The number of methoxy groups -OCH3 is 1. The average Bonchev–Trinajstić information content (AvgIpc) is 3.24. The Kier molecular flexibility index (Phi) is 6.97. The molecule has 2 aromatic carbocycles. The quantitative estimate of drug-likeness (QED) is 0.347. The molecule has 0 aliphatic carbocycles. The molecule has 2 aromatic rings. The summed E-state index contributed by atoms with van der Waals surface area (Å²) < 4.78 is 18.1. The number of amides is 1. The number of esters is 1. The van der Waals surface area contributed by atoms with Crippen LogP contribution >= 0.6 is 11.8 Å². The van der Waals surface area contributed by atoms with E-state index >= 15 is 0 Å². The number of non-ortho nitro benzene ring substituents is 1. The van der Waals surface area contributed by atoms with Gasteiger partial charge in [-0.2, -0.15) is 0 Å². The predicted molar refractivity (Wildman–Crippen MR) is 128 cm³/mol. The first-order valence-corrected chi connectivity index (χ1v) is 11.4. The SMILES string of the molecule is COC(=O)C1=C(C)N=C2SC=C(CC(=O)NCc3ccc(F)cc3)N2C1c1cccc([N+](=O)[O-])c1. The van der Waals surface area contributed by atoms with Gasteiger partial charge in [0.25, 0.3) is 5.69 Å². The van der Waals surface area contributed by atoms with Crippen LogP contribution in [-0.2, 0) is 20.9 Å². The Balaban J connectivity index is 1.62. The van der Waals surface area contributed by atoms with Crippen LogP contribution in [0.1, 0.15) is 30.5 Å². The number of benzene rings is 2. The highest BCUT2D eigenvalue weighted by Gasteiger charge is 2.41. The third kappa shape index (κ3) is 5.09. The molecule has 0 saturated carbocycles. The first kappa shape index (κ1) is 24.1. The molecule has 0 spiro atoms. The number of nitro groups is 1. The molecular formula is C24H21FN4O5S. The number of allylic oxidation sites excluding steroid dienone is 1. The Bertz CT molecular complexity index is 1290. The van der Waals surface area contributed by atoms with E-state index in [1.165, 1.54) is 43.1 Å². The molecule has 4 rings (SSSR count). The fraction of sp³-hybridized carbons (Fsp3) is 0.208. The Morgan fingerprint density at radius 2 is 2.00 bits per heavy atom. The second-order valence-corrected chi connectivity index (χ2v) is 8.65. The van der Waals surface area contributed by atoms with E-state index < -0.39 is 16.9 Å². The van der Waals surface area contributed by atoms with Crippen LogP contribution in [0.5, 0.6) is 0 Å². The predicted octanol–water partition coefficient (Wildman–Crippen LogP) is 4.19. The second-order valence-electron chi connectivity index (χ2n) is 7.82. The van der Waals surface area contributed by atoms with Crippen molar-refractivity contribution in [3.05, 3.63) is 98.0 Å². The maximum absolute atomic E-state index is 13.1. The largest absolute Gasteiger partial charge is 0.466 e. The molecule has 1 atom stereocenters. The summed E-state index contributed by atoms with van der Waals surface area (Å²) in [5, 5.41) is 16.5. The van der Waals surface area contributed by atoms with Crippen LogP contribution in [0, 0.1) is 15.9 Å². The first-order chi connectivity index (χ1) is 16.8. The van der Waals surface area contributed by atoms with Crippen molar-refractivity contribution in [3.63, 3.8) is 0 Å². The molecule has 0 bridgehead atoms. The fourth-order valence-electron chi connectivity index (χ4n) is 3.89. The van der Waals surface area contributed by atoms with Crippen molar-refractivity contribution in [1.29, 1.82) is 0 Å². The van der Waals surface area contributed by atoms with Crippen LogP contribution in [0.2, 0.25) is 0 Å². The molecule has 1 amide bonds. The molecule has 0 fully saturated rings. The number of carbonyl (C=O) groups excluding carboxylic acids is 2. The van der Waals surface area contributed by atoms with E-state index in [0.29, 0.717) is 22.1 Å². The van der Waals surface area contributed by atoms with Gasteiger partial charge in [-0.1, -0.05) is 36.0 Å². The highest BCUT2D eigenvalue weighted by molar-refractivity contribution is 8.16. The van der Waals surface area contributed by atoms with Gasteiger partial charge in [0.05, 0.1) is 35.8 Å². The highest BCUT2D eigenvalue weighted by Crippen LogP contribution is 2.45. The molecule has 2 heterocycles. The molecule has 9 nitrogen and oxygen atoms in total. The summed E-state index contributed by atoms with van der Waals surface area (Å²) in [6.07, 6.45) is -0.0217. The number of aliphatic imine (C=N–C) groups is 1. The first-order valence-electron chi connectivity index (χ1n) is 10.6. The number of nitro benzene ring substituents is 1. The number of nitrogens with one attached hydrogen (secondary N) is 1. The summed E-state index contributed by atoms with van der Waals surface area (Å²) >= 11 is 1.30. The van der Waals surface area contributed by atoms with Crippen LogP contribution in [0.25, 0.3) is 0 Å². The molecule has 2 aliphatic heterocycles. The number of nitrogens with zero attached hydrogens (tertiary/aromatic N) is 3. The Morgan fingerprint density at radius 3 is 2.69 bits per heavy atom. The van der Waals surface area contributed by atoms with Crippen molar-refractivity contribution < 1.29 is 23.6 Å². The molecule has 2 aliphatic rings. The molecule has 1 N–H and O–H groups in total. The van der Waals surface area contributed by atoms with E-state index in [1.54, 1.807) is 41.5 Å². The van der Waals surface area contributed by atoms with Gasteiger partial charge < -0.3 is 15.0 Å². The lowest BCUT2D eigenvalue weighted by atomic mass is 9.93. The summed E-state index contributed by atoms with van der Waals surface area (Å²) in [6, 6.07) is 11.1. The molecule has 0 saturated heterocycles. The zero-order chi connectivity index (χ0) is 25.1. The monoisotopic (exact) mass is 496 g/mol. The van der Waals surface area contributed by atoms with Gasteiger partial charge in [-0.3, -0.25) is 14.9 Å². The van der Waals surface area contributed by atoms with Gasteiger partial charge in [-0.05, 0) is 35.6 Å². The summed E-state index contributed by atoms with van der Waals surface area (Å²) in [5.74, 6) is -1.26. The minimum atomic E-state index is -0.763. The van der Waals surface area contributed by atoms with Gasteiger partial charge in [-0.25, -0.2) is 14.2 Å². The average molecular weight is 497 g/mol. The van der Waals surface area contributed by atoms with Crippen molar-refractivity contribution in [2.24, 2.45) is 4.99 Å². The third-order valence-electron chi connectivity index (χ3n) is 5.55. The van der Waals surface area contributed by atoms with Gasteiger partial charge >= 0.3 is 5.97 Å². The lowest BCUT2D eigenvalue weighted by molar-refractivity contribution is -0.384. The van der Waals surface area contributed by atoms with Crippen LogP contribution in [0.3, 0.4) is 0 Å². The third-order valence-corrected chi connectivity index (χ3v) is 6.44. The Morgan fingerprint density at radius 1 is 1.26 bits per heavy atom. The number of thioether (sulfide) groups is 1. The maximum atomic E-state index is 13.1. The van der Waals surface area contributed by atoms with E-state index in [0.717, 1.165) is 5.56 Å². The van der Waals surface area contributed by atoms with E-state index in [-0.39, 0.29) is 36.0 Å². The van der Waals surface area contributed by atoms with Gasteiger partial charge in [0.1, 0.15) is 5.82 Å². The van der Waals surface area contributed by atoms with E-state index in [2.05, 4.69) is 10.3 Å². The lowest BCUT2D eigenvalue weighted by Crippen LogP contribution is -2.37. The highest BCUT2D eigenvalue weighted by atomic mass is 32.2. The van der Waals surface area contributed by atoms with Crippen molar-refractivity contribution in [1.82, 2.24) is 10.2 Å². The van der Waals surface area contributed by atoms with Gasteiger partial charge in [0.2, 0.25) is 5.91 Å². The van der Waals surface area contributed by atoms with Crippen molar-refractivity contribution in [3.8, 4) is 0 Å². The van der Waals surface area contributed by atoms with Crippen molar-refractivity contribution >= 4 is 34.5 Å². The normalized spacial score (nSPS) is 16.9. The number of carbonyl (C=O) groups is 2. The van der Waals surface area contributed by atoms with Gasteiger partial charge in [-0.15, -0.1) is 0 Å². The molecule has 0 aromatic heterocycles. The zero-order valence-corrected chi connectivity index (χ0v) is 19.7. The number of halogens is 1. The van der Waals surface area contributed by atoms with E-state index in [4.69, 9.17) is 4.74 Å². The van der Waals surface area contributed by atoms with E-state index in [9.17, 15) is 24.1 Å². The number of hydrogen-bond donors (Lipinski definition) is 1. The zero-order valence-electron chi connectivity index (χ0n) is 18.9. The minimum absolute atomic E-state index is 0.0217. The molecule has 11 heteroatoms. The molecule has 180 valence electrons. The summed E-state index contributed by atoms with van der Waals surface area (Å²) in [7, 11) is 1.25. The smallest absolute Gasteiger partial charge is 0.338 e. The maximum Gasteiger partial charge on any atom is 0.338 e. The van der Waals surface area contributed by atoms with Crippen molar-refractivity contribution in [2.75, 3.05) is 7.11 Å². The van der Waals surface area contributed by atoms with Crippen LogP contribution in [0.4, 0.5) is 10.1 Å². The fourth-order valence-corrected chi connectivity index (χ4v) is 4.86. The molecular weight excluding hydrogens is 475 g/mol.